The number of hydrogen-bond acceptors (Lipinski definition) is 5. The van der Waals surface area contributed by atoms with E-state index in [1.54, 1.807) is 0 Å². The van der Waals surface area contributed by atoms with E-state index in [9.17, 15) is 9.59 Å². The molecule has 0 unspecified atom stereocenters. The standard InChI is InChI=1S/C13H12ClNO4S/c1-19-13(18)8(6-16)15-12(17)11-10(14)7-4-2-3-5-9(7)20-11/h2-5,8,16H,6H2,1H3,(H,15,17)/t8-/m1/s1. The van der Waals surface area contributed by atoms with E-state index in [1.807, 2.05) is 24.3 Å². The van der Waals surface area contributed by atoms with Gasteiger partial charge in [0.25, 0.3) is 5.91 Å². The predicted molar refractivity (Wildman–Crippen MR) is 77.2 cm³/mol. The maximum absolute atomic E-state index is 12.1. The normalized spacial score (nSPS) is 12.2. The molecule has 1 heterocycles. The fourth-order valence-corrected chi connectivity index (χ4v) is 3.13. The van der Waals surface area contributed by atoms with Crippen LogP contribution in [-0.2, 0) is 9.53 Å². The van der Waals surface area contributed by atoms with Crippen LogP contribution in [0.4, 0.5) is 0 Å². The molecule has 0 saturated heterocycles. The Morgan fingerprint density at radius 3 is 2.75 bits per heavy atom. The third-order valence-corrected chi connectivity index (χ3v) is 4.39. The molecule has 0 aliphatic carbocycles. The second kappa shape index (κ2) is 6.21. The van der Waals surface area contributed by atoms with E-state index in [1.165, 1.54) is 18.4 Å². The van der Waals surface area contributed by atoms with Crippen molar-refractivity contribution in [3.63, 3.8) is 0 Å². The van der Waals surface area contributed by atoms with Crippen LogP contribution in [0.15, 0.2) is 24.3 Å². The van der Waals surface area contributed by atoms with Crippen molar-refractivity contribution in [3.05, 3.63) is 34.2 Å². The van der Waals surface area contributed by atoms with Crippen LogP contribution < -0.4 is 5.32 Å². The van der Waals surface area contributed by atoms with E-state index in [2.05, 4.69) is 10.1 Å². The average molecular weight is 314 g/mol. The molecular formula is C13H12ClNO4S. The van der Waals surface area contributed by atoms with Crippen LogP contribution in [0.5, 0.6) is 0 Å². The van der Waals surface area contributed by atoms with Crippen molar-refractivity contribution >= 4 is 44.9 Å². The Kier molecular flexibility index (Phi) is 4.59. The highest BCUT2D eigenvalue weighted by Gasteiger charge is 2.24. The highest BCUT2D eigenvalue weighted by Crippen LogP contribution is 2.34. The lowest BCUT2D eigenvalue weighted by Gasteiger charge is -2.13. The highest BCUT2D eigenvalue weighted by molar-refractivity contribution is 7.21. The number of aliphatic hydroxyl groups is 1. The Labute approximate surface area is 124 Å². The number of amides is 1. The molecular weight excluding hydrogens is 302 g/mol. The van der Waals surface area contributed by atoms with Gasteiger partial charge < -0.3 is 15.2 Å². The number of hydrogen-bond donors (Lipinski definition) is 2. The molecule has 0 fully saturated rings. The van der Waals surface area contributed by atoms with E-state index in [0.717, 1.165) is 10.1 Å². The maximum atomic E-state index is 12.1. The summed E-state index contributed by atoms with van der Waals surface area (Å²) in [7, 11) is 1.18. The molecule has 1 atom stereocenters. The third kappa shape index (κ3) is 2.77. The predicted octanol–water partition coefficient (Wildman–Crippen LogP) is 1.82. The summed E-state index contributed by atoms with van der Waals surface area (Å²) in [6.07, 6.45) is 0. The van der Waals surface area contributed by atoms with Crippen molar-refractivity contribution in [2.24, 2.45) is 0 Å². The number of carbonyl (C=O) groups excluding carboxylic acids is 2. The van der Waals surface area contributed by atoms with Crippen molar-refractivity contribution in [3.8, 4) is 0 Å². The van der Waals surface area contributed by atoms with E-state index in [4.69, 9.17) is 16.7 Å². The molecule has 0 spiro atoms. The minimum absolute atomic E-state index is 0.301. The first kappa shape index (κ1) is 14.8. The highest BCUT2D eigenvalue weighted by atomic mass is 35.5. The third-order valence-electron chi connectivity index (χ3n) is 2.71. The van der Waals surface area contributed by atoms with Gasteiger partial charge in [-0.3, -0.25) is 4.79 Å². The summed E-state index contributed by atoms with van der Waals surface area (Å²) in [6.45, 7) is -0.541. The van der Waals surface area contributed by atoms with E-state index in [0.29, 0.717) is 9.90 Å². The van der Waals surface area contributed by atoms with Crippen molar-refractivity contribution < 1.29 is 19.4 Å². The number of fused-ring (bicyclic) bond motifs is 1. The number of methoxy groups -OCH3 is 1. The van der Waals surface area contributed by atoms with Crippen molar-refractivity contribution in [1.82, 2.24) is 5.32 Å². The van der Waals surface area contributed by atoms with Crippen LogP contribution in [0, 0.1) is 0 Å². The lowest BCUT2D eigenvalue weighted by atomic mass is 10.2. The number of carbonyl (C=O) groups is 2. The summed E-state index contributed by atoms with van der Waals surface area (Å²) < 4.78 is 5.36. The number of ether oxygens (including phenoxy) is 1. The summed E-state index contributed by atoms with van der Waals surface area (Å²) >= 11 is 7.39. The van der Waals surface area contributed by atoms with Crippen LogP contribution >= 0.6 is 22.9 Å². The Hall–Kier alpha value is -1.63. The Morgan fingerprint density at radius 1 is 1.45 bits per heavy atom. The molecule has 1 aromatic heterocycles. The summed E-state index contributed by atoms with van der Waals surface area (Å²) in [5.41, 5.74) is 0. The molecule has 106 valence electrons. The fraction of sp³-hybridized carbons (Fsp3) is 0.231. The van der Waals surface area contributed by atoms with Gasteiger partial charge >= 0.3 is 5.97 Å². The minimum Gasteiger partial charge on any atom is -0.467 e. The average Bonchev–Trinajstić information content (AvgIpc) is 2.81. The van der Waals surface area contributed by atoms with Gasteiger partial charge in [-0.05, 0) is 6.07 Å². The summed E-state index contributed by atoms with van der Waals surface area (Å²) in [5, 5.41) is 12.6. The minimum atomic E-state index is -1.10. The molecule has 7 heteroatoms. The fourth-order valence-electron chi connectivity index (χ4n) is 1.71. The van der Waals surface area contributed by atoms with Gasteiger partial charge in [-0.2, -0.15) is 0 Å². The topological polar surface area (TPSA) is 75.6 Å². The molecule has 1 amide bonds. The molecule has 0 saturated carbocycles. The van der Waals surface area contributed by atoms with Gasteiger partial charge in [-0.25, -0.2) is 4.79 Å². The summed E-state index contributed by atoms with van der Waals surface area (Å²) in [6, 6.07) is 6.24. The van der Waals surface area contributed by atoms with Crippen LogP contribution in [0.1, 0.15) is 9.67 Å². The molecule has 0 radical (unpaired) electrons. The van der Waals surface area contributed by atoms with Crippen LogP contribution in [-0.4, -0.2) is 36.7 Å². The van der Waals surface area contributed by atoms with Crippen LogP contribution in [0.2, 0.25) is 5.02 Å². The number of nitrogens with one attached hydrogen (secondary N) is 1. The van der Waals surface area contributed by atoms with E-state index < -0.39 is 24.5 Å². The lowest BCUT2D eigenvalue weighted by Crippen LogP contribution is -2.43. The van der Waals surface area contributed by atoms with E-state index in [-0.39, 0.29) is 0 Å². The van der Waals surface area contributed by atoms with Crippen molar-refractivity contribution in [1.29, 1.82) is 0 Å². The molecule has 20 heavy (non-hydrogen) atoms. The Bertz CT molecular complexity index is 655. The van der Waals surface area contributed by atoms with Crippen LogP contribution in [0.3, 0.4) is 0 Å². The second-order valence-corrected chi connectivity index (χ2v) is 5.40. The number of aliphatic hydroxyl groups excluding tert-OH is 1. The van der Waals surface area contributed by atoms with Gasteiger partial charge in [-0.15, -0.1) is 11.3 Å². The molecule has 0 aliphatic heterocycles. The molecule has 0 aliphatic rings. The number of esters is 1. The van der Waals surface area contributed by atoms with E-state index >= 15 is 0 Å². The van der Waals surface area contributed by atoms with Gasteiger partial charge in [0, 0.05) is 10.1 Å². The summed E-state index contributed by atoms with van der Waals surface area (Å²) in [5.74, 6) is -1.22. The Balaban J connectivity index is 2.27. The van der Waals surface area contributed by atoms with Crippen molar-refractivity contribution in [2.45, 2.75) is 6.04 Å². The molecule has 1 aromatic carbocycles. The molecule has 2 N–H and O–H groups in total. The number of halogens is 1. The number of thiophene rings is 1. The van der Waals surface area contributed by atoms with Crippen LogP contribution in [0.25, 0.3) is 10.1 Å². The largest absolute Gasteiger partial charge is 0.467 e. The molecule has 2 rings (SSSR count). The van der Waals surface area contributed by atoms with Gasteiger partial charge in [0.1, 0.15) is 4.88 Å². The van der Waals surface area contributed by atoms with Gasteiger partial charge in [-0.1, -0.05) is 29.8 Å². The summed E-state index contributed by atoms with van der Waals surface area (Å²) in [4.78, 5) is 23.8. The molecule has 0 bridgehead atoms. The SMILES string of the molecule is COC(=O)[C@@H](CO)NC(=O)c1sc2ccccc2c1Cl. The lowest BCUT2D eigenvalue weighted by molar-refractivity contribution is -0.143. The maximum Gasteiger partial charge on any atom is 0.330 e. The first-order valence-electron chi connectivity index (χ1n) is 5.75. The zero-order chi connectivity index (χ0) is 14.7. The van der Waals surface area contributed by atoms with Gasteiger partial charge in [0.15, 0.2) is 6.04 Å². The van der Waals surface area contributed by atoms with Crippen molar-refractivity contribution in [2.75, 3.05) is 13.7 Å². The zero-order valence-corrected chi connectivity index (χ0v) is 12.1. The molecule has 5 nitrogen and oxygen atoms in total. The monoisotopic (exact) mass is 313 g/mol. The zero-order valence-electron chi connectivity index (χ0n) is 10.6. The van der Waals surface area contributed by atoms with Gasteiger partial charge in [0.2, 0.25) is 0 Å². The van der Waals surface area contributed by atoms with Gasteiger partial charge in [0.05, 0.1) is 18.7 Å². The second-order valence-electron chi connectivity index (χ2n) is 3.97. The smallest absolute Gasteiger partial charge is 0.330 e. The Morgan fingerprint density at radius 2 is 2.15 bits per heavy atom. The first-order valence-corrected chi connectivity index (χ1v) is 6.94. The molecule has 2 aromatic rings. The number of rotatable bonds is 4. The number of benzene rings is 1. The quantitative estimate of drug-likeness (QED) is 0.844. The first-order chi connectivity index (χ1) is 9.58.